The Labute approximate surface area is 148 Å². The van der Waals surface area contributed by atoms with E-state index in [9.17, 15) is 9.59 Å². The second-order valence-electron chi connectivity index (χ2n) is 7.85. The van der Waals surface area contributed by atoms with Gasteiger partial charge in [0.15, 0.2) is 0 Å². The van der Waals surface area contributed by atoms with Crippen LogP contribution < -0.4 is 5.56 Å². The summed E-state index contributed by atoms with van der Waals surface area (Å²) in [5.74, 6) is 0.614. The summed E-state index contributed by atoms with van der Waals surface area (Å²) in [7, 11) is 3.62. The van der Waals surface area contributed by atoms with Gasteiger partial charge < -0.3 is 14.4 Å². The molecule has 1 saturated heterocycles. The van der Waals surface area contributed by atoms with Crippen LogP contribution in [0.4, 0.5) is 0 Å². The predicted molar refractivity (Wildman–Crippen MR) is 98.7 cm³/mol. The summed E-state index contributed by atoms with van der Waals surface area (Å²) in [5, 5.41) is 0. The van der Waals surface area contributed by atoms with Crippen LogP contribution in [0.25, 0.3) is 6.08 Å². The van der Waals surface area contributed by atoms with Gasteiger partial charge in [-0.05, 0) is 56.7 Å². The number of allylic oxidation sites excluding steroid dienone is 1. The van der Waals surface area contributed by atoms with E-state index in [0.717, 1.165) is 23.7 Å². The maximum Gasteiger partial charge on any atom is 0.255 e. The Morgan fingerprint density at radius 3 is 2.64 bits per heavy atom. The molecule has 1 aliphatic heterocycles. The standard InChI is InChI=1S/C20H27N3O2/c1-21(12-14-8-10-23(11-9-14)15-6-7-15)20(25)18-13-22(2)19(24)17-5-3-4-16(17)18/h3-4,13-15H,5-12H2,1-2H3. The first-order valence-corrected chi connectivity index (χ1v) is 9.43. The average Bonchev–Trinajstić information content (AvgIpc) is 3.34. The molecule has 0 unspecified atom stereocenters. The number of carbonyl (C=O) groups excluding carboxylic acids is 1. The largest absolute Gasteiger partial charge is 0.341 e. The van der Waals surface area contributed by atoms with E-state index in [0.29, 0.717) is 17.9 Å². The molecule has 0 aromatic carbocycles. The molecule has 0 bridgehead atoms. The van der Waals surface area contributed by atoms with Gasteiger partial charge in [0.05, 0.1) is 5.56 Å². The zero-order chi connectivity index (χ0) is 17.6. The number of aryl methyl sites for hydroxylation is 1. The first-order valence-electron chi connectivity index (χ1n) is 9.43. The molecule has 5 nitrogen and oxygen atoms in total. The molecule has 1 amide bonds. The number of carbonyl (C=O) groups is 1. The molecule has 5 heteroatoms. The zero-order valence-electron chi connectivity index (χ0n) is 15.2. The van der Waals surface area contributed by atoms with Crippen LogP contribution in [0.1, 0.15) is 47.2 Å². The van der Waals surface area contributed by atoms with E-state index < -0.39 is 0 Å². The van der Waals surface area contributed by atoms with Gasteiger partial charge in [0.1, 0.15) is 0 Å². The Balaban J connectivity index is 1.44. The number of rotatable bonds is 4. The second kappa shape index (κ2) is 6.45. The van der Waals surface area contributed by atoms with Gasteiger partial charge in [-0.2, -0.15) is 0 Å². The number of piperidine rings is 1. The molecule has 0 N–H and O–H groups in total. The van der Waals surface area contributed by atoms with Gasteiger partial charge in [-0.1, -0.05) is 12.2 Å². The maximum atomic E-state index is 13.0. The number of hydrogen-bond acceptors (Lipinski definition) is 3. The minimum absolute atomic E-state index is 0.00616. The monoisotopic (exact) mass is 341 g/mol. The third-order valence-electron chi connectivity index (χ3n) is 5.94. The van der Waals surface area contributed by atoms with Crippen LogP contribution in [-0.2, 0) is 13.5 Å². The molecule has 0 radical (unpaired) electrons. The molecule has 2 heterocycles. The van der Waals surface area contributed by atoms with Gasteiger partial charge in [-0.15, -0.1) is 0 Å². The number of amides is 1. The quantitative estimate of drug-likeness (QED) is 0.840. The highest BCUT2D eigenvalue weighted by molar-refractivity contribution is 5.98. The highest BCUT2D eigenvalue weighted by Crippen LogP contribution is 2.31. The van der Waals surface area contributed by atoms with Gasteiger partial charge in [-0.25, -0.2) is 0 Å². The Morgan fingerprint density at radius 1 is 1.24 bits per heavy atom. The van der Waals surface area contributed by atoms with Crippen molar-refractivity contribution in [3.05, 3.63) is 39.3 Å². The lowest BCUT2D eigenvalue weighted by molar-refractivity contribution is 0.0736. The van der Waals surface area contributed by atoms with Crippen molar-refractivity contribution < 1.29 is 4.79 Å². The molecule has 0 atom stereocenters. The summed E-state index contributed by atoms with van der Waals surface area (Å²) in [6, 6.07) is 0.847. The van der Waals surface area contributed by atoms with Crippen LogP contribution in [0.3, 0.4) is 0 Å². The van der Waals surface area contributed by atoms with Crippen LogP contribution >= 0.6 is 0 Å². The number of fused-ring (bicyclic) bond motifs is 1. The first-order chi connectivity index (χ1) is 12.0. The van der Waals surface area contributed by atoms with Crippen LogP contribution in [0, 0.1) is 5.92 Å². The first kappa shape index (κ1) is 16.6. The third kappa shape index (κ3) is 3.17. The van der Waals surface area contributed by atoms with Gasteiger partial charge in [-0.3, -0.25) is 9.59 Å². The normalized spacial score (nSPS) is 20.7. The van der Waals surface area contributed by atoms with Crippen LogP contribution in [0.2, 0.25) is 0 Å². The summed E-state index contributed by atoms with van der Waals surface area (Å²) in [6.07, 6.45) is 11.3. The number of hydrogen-bond donors (Lipinski definition) is 0. The Bertz CT molecular complexity index is 768. The molecule has 134 valence electrons. The molecule has 25 heavy (non-hydrogen) atoms. The van der Waals surface area contributed by atoms with Crippen LogP contribution in [0.15, 0.2) is 17.1 Å². The van der Waals surface area contributed by atoms with E-state index in [1.807, 2.05) is 24.1 Å². The minimum atomic E-state index is 0.00616. The Kier molecular flexibility index (Phi) is 4.28. The second-order valence-corrected chi connectivity index (χ2v) is 7.85. The molecule has 2 aliphatic carbocycles. The highest BCUT2D eigenvalue weighted by Gasteiger charge is 2.32. The predicted octanol–water partition coefficient (Wildman–Crippen LogP) is 1.90. The van der Waals surface area contributed by atoms with E-state index in [-0.39, 0.29) is 11.5 Å². The summed E-state index contributed by atoms with van der Waals surface area (Å²) in [6.45, 7) is 3.16. The van der Waals surface area contributed by atoms with Crippen LogP contribution in [-0.4, -0.2) is 53.0 Å². The van der Waals surface area contributed by atoms with Crippen molar-refractivity contribution in [1.29, 1.82) is 0 Å². The number of nitrogens with zero attached hydrogens (tertiary/aromatic N) is 3. The lowest BCUT2D eigenvalue weighted by Gasteiger charge is -2.34. The van der Waals surface area contributed by atoms with Gasteiger partial charge in [0, 0.05) is 38.4 Å². The molecule has 0 spiro atoms. The smallest absolute Gasteiger partial charge is 0.255 e. The fraction of sp³-hybridized carbons (Fsp3) is 0.600. The maximum absolute atomic E-state index is 13.0. The average molecular weight is 341 g/mol. The Hall–Kier alpha value is -1.88. The summed E-state index contributed by atoms with van der Waals surface area (Å²) in [4.78, 5) is 29.7. The number of aromatic nitrogens is 1. The lowest BCUT2D eigenvalue weighted by Crippen LogP contribution is -2.40. The molecule has 1 aromatic rings. The zero-order valence-corrected chi connectivity index (χ0v) is 15.2. The molecule has 3 aliphatic rings. The molecular weight excluding hydrogens is 314 g/mol. The number of pyridine rings is 1. The van der Waals surface area contributed by atoms with Crippen molar-refractivity contribution in [2.45, 2.75) is 38.1 Å². The Morgan fingerprint density at radius 2 is 1.96 bits per heavy atom. The minimum Gasteiger partial charge on any atom is -0.341 e. The van der Waals surface area contributed by atoms with E-state index in [2.05, 4.69) is 4.90 Å². The van der Waals surface area contributed by atoms with Gasteiger partial charge in [0.2, 0.25) is 0 Å². The molecule has 2 fully saturated rings. The molecule has 1 saturated carbocycles. The fourth-order valence-corrected chi connectivity index (χ4v) is 4.28. The van der Waals surface area contributed by atoms with E-state index in [1.165, 1.54) is 38.8 Å². The van der Waals surface area contributed by atoms with Gasteiger partial charge in [0.25, 0.3) is 11.5 Å². The molecule has 4 rings (SSSR count). The van der Waals surface area contributed by atoms with Crippen molar-refractivity contribution in [2.75, 3.05) is 26.7 Å². The summed E-state index contributed by atoms with van der Waals surface area (Å²) < 4.78 is 1.54. The van der Waals surface area contributed by atoms with Crippen molar-refractivity contribution in [3.8, 4) is 0 Å². The fourth-order valence-electron chi connectivity index (χ4n) is 4.28. The molecular formula is C20H27N3O2. The van der Waals surface area contributed by atoms with Gasteiger partial charge >= 0.3 is 0 Å². The summed E-state index contributed by atoms with van der Waals surface area (Å²) in [5.41, 5.74) is 2.23. The summed E-state index contributed by atoms with van der Waals surface area (Å²) >= 11 is 0. The number of likely N-dealkylation sites (tertiary alicyclic amines) is 1. The van der Waals surface area contributed by atoms with Crippen molar-refractivity contribution >= 4 is 12.0 Å². The third-order valence-corrected chi connectivity index (χ3v) is 5.94. The van der Waals surface area contributed by atoms with Crippen molar-refractivity contribution in [2.24, 2.45) is 13.0 Å². The van der Waals surface area contributed by atoms with E-state index >= 15 is 0 Å². The topological polar surface area (TPSA) is 45.5 Å². The van der Waals surface area contributed by atoms with E-state index in [1.54, 1.807) is 17.8 Å². The van der Waals surface area contributed by atoms with Crippen molar-refractivity contribution in [1.82, 2.24) is 14.4 Å². The van der Waals surface area contributed by atoms with E-state index in [4.69, 9.17) is 0 Å². The molecule has 1 aromatic heterocycles. The van der Waals surface area contributed by atoms with Crippen LogP contribution in [0.5, 0.6) is 0 Å². The SMILES string of the molecule is CN(CC1CCN(C2CC2)CC1)C(=O)c1cn(C)c(=O)c2c1C=CC2. The lowest BCUT2D eigenvalue weighted by atomic mass is 9.95. The van der Waals surface area contributed by atoms with Crippen molar-refractivity contribution in [3.63, 3.8) is 0 Å². The highest BCUT2D eigenvalue weighted by atomic mass is 16.2.